The van der Waals surface area contributed by atoms with E-state index in [1.54, 1.807) is 18.2 Å². The van der Waals surface area contributed by atoms with E-state index in [-0.39, 0.29) is 17.1 Å². The van der Waals surface area contributed by atoms with Crippen molar-refractivity contribution in [2.75, 3.05) is 0 Å². The number of carbonyl (C=O) groups excluding carboxylic acids is 1. The summed E-state index contributed by atoms with van der Waals surface area (Å²) in [6.07, 6.45) is 1.41. The van der Waals surface area contributed by atoms with E-state index < -0.39 is 5.91 Å². The minimum atomic E-state index is -0.558. The number of rotatable bonds is 3. The molecule has 5 nitrogen and oxygen atoms in total. The van der Waals surface area contributed by atoms with Gasteiger partial charge in [0.15, 0.2) is 0 Å². The van der Waals surface area contributed by atoms with Crippen molar-refractivity contribution in [2.24, 2.45) is 5.10 Å². The second kappa shape index (κ2) is 7.78. The lowest BCUT2D eigenvalue weighted by molar-refractivity contribution is 0.0952. The monoisotopic (exact) mass is 568 g/mol. The van der Waals surface area contributed by atoms with Crippen molar-refractivity contribution in [3.8, 4) is 11.5 Å². The van der Waals surface area contributed by atoms with E-state index >= 15 is 0 Å². The van der Waals surface area contributed by atoms with Gasteiger partial charge in [0.1, 0.15) is 11.5 Å². The van der Waals surface area contributed by atoms with E-state index in [4.69, 9.17) is 0 Å². The predicted molar refractivity (Wildman–Crippen MR) is 102 cm³/mol. The number of aromatic hydroxyl groups is 2. The summed E-state index contributed by atoms with van der Waals surface area (Å²) < 4.78 is 2.02. The predicted octanol–water partition coefficient (Wildman–Crippen LogP) is 4.91. The van der Waals surface area contributed by atoms with Crippen LogP contribution in [0.3, 0.4) is 0 Å². The van der Waals surface area contributed by atoms with Crippen LogP contribution in [0.1, 0.15) is 15.9 Å². The van der Waals surface area contributed by atoms with Crippen LogP contribution in [0.2, 0.25) is 0 Å². The van der Waals surface area contributed by atoms with E-state index in [0.29, 0.717) is 23.5 Å². The average Bonchev–Trinajstić information content (AvgIpc) is 2.48. The van der Waals surface area contributed by atoms with Crippen LogP contribution < -0.4 is 5.43 Å². The second-order valence-corrected chi connectivity index (χ2v) is 7.79. The Hall–Kier alpha value is -0.900. The maximum absolute atomic E-state index is 12.1. The molecule has 0 bridgehead atoms. The summed E-state index contributed by atoms with van der Waals surface area (Å²) in [6, 6.07) is 6.39. The zero-order chi connectivity index (χ0) is 17.1. The molecule has 9 heteroatoms. The van der Waals surface area contributed by atoms with E-state index in [9.17, 15) is 15.0 Å². The Morgan fingerprint density at radius 3 is 2.13 bits per heavy atom. The molecule has 0 saturated carbocycles. The Morgan fingerprint density at radius 1 is 0.957 bits per heavy atom. The maximum Gasteiger partial charge on any atom is 0.275 e. The van der Waals surface area contributed by atoms with Crippen molar-refractivity contribution < 1.29 is 15.0 Å². The summed E-state index contributed by atoms with van der Waals surface area (Å²) in [5, 5.41) is 23.4. The zero-order valence-corrected chi connectivity index (χ0v) is 17.5. The van der Waals surface area contributed by atoms with Gasteiger partial charge in [-0.25, -0.2) is 5.43 Å². The number of amides is 1. The molecule has 2 aromatic carbocycles. The first-order valence-corrected chi connectivity index (χ1v) is 9.16. The summed E-state index contributed by atoms with van der Waals surface area (Å²) in [4.78, 5) is 12.1. The highest BCUT2D eigenvalue weighted by molar-refractivity contribution is 9.11. The lowest BCUT2D eigenvalue weighted by Gasteiger charge is -2.06. The molecule has 0 fully saturated rings. The summed E-state index contributed by atoms with van der Waals surface area (Å²) in [5.41, 5.74) is 3.07. The first-order valence-electron chi connectivity index (χ1n) is 5.99. The number of nitrogens with one attached hydrogen (secondary N) is 1. The number of hydrogen-bond donors (Lipinski definition) is 3. The molecule has 0 spiro atoms. The van der Waals surface area contributed by atoms with Gasteiger partial charge in [0.25, 0.3) is 5.91 Å². The number of phenols is 2. The van der Waals surface area contributed by atoms with Crippen LogP contribution in [-0.2, 0) is 0 Å². The van der Waals surface area contributed by atoms with E-state index in [1.807, 2.05) is 0 Å². The minimum absolute atomic E-state index is 0.0788. The van der Waals surface area contributed by atoms with Gasteiger partial charge in [-0.1, -0.05) is 15.9 Å². The number of hydrogen-bond acceptors (Lipinski definition) is 4. The van der Waals surface area contributed by atoms with Crippen molar-refractivity contribution in [3.05, 3.63) is 53.3 Å². The lowest BCUT2D eigenvalue weighted by atomic mass is 10.2. The van der Waals surface area contributed by atoms with Crippen molar-refractivity contribution in [1.82, 2.24) is 5.43 Å². The smallest absolute Gasteiger partial charge is 0.275 e. The number of carbonyl (C=O) groups is 1. The molecule has 0 aromatic heterocycles. The van der Waals surface area contributed by atoms with Gasteiger partial charge in [-0.3, -0.25) is 4.79 Å². The number of phenolic OH excluding ortho intramolecular Hbond substituents is 2. The summed E-state index contributed by atoms with van der Waals surface area (Å²) in [7, 11) is 0. The first kappa shape index (κ1) is 18.4. The lowest BCUT2D eigenvalue weighted by Crippen LogP contribution is -2.17. The van der Waals surface area contributed by atoms with Gasteiger partial charge in [0.05, 0.1) is 25.2 Å². The molecule has 120 valence electrons. The van der Waals surface area contributed by atoms with Crippen LogP contribution in [0.15, 0.2) is 47.3 Å². The van der Waals surface area contributed by atoms with Gasteiger partial charge < -0.3 is 10.2 Å². The number of hydrazone groups is 1. The third-order valence-electron chi connectivity index (χ3n) is 2.69. The molecular weight excluding hydrogens is 564 g/mol. The second-order valence-electron chi connectivity index (χ2n) is 4.32. The van der Waals surface area contributed by atoms with Crippen LogP contribution in [0.5, 0.6) is 11.5 Å². The fourth-order valence-electron chi connectivity index (χ4n) is 1.62. The van der Waals surface area contributed by atoms with Crippen molar-refractivity contribution in [2.45, 2.75) is 0 Å². The molecule has 0 aliphatic carbocycles. The van der Waals surface area contributed by atoms with Crippen LogP contribution in [-0.4, -0.2) is 22.3 Å². The molecular formula is C14H8Br4N2O3. The Balaban J connectivity index is 2.16. The largest absolute Gasteiger partial charge is 0.506 e. The molecule has 0 heterocycles. The molecule has 2 rings (SSSR count). The number of benzene rings is 2. The minimum Gasteiger partial charge on any atom is -0.506 e. The Kier molecular flexibility index (Phi) is 6.24. The summed E-state index contributed by atoms with van der Waals surface area (Å²) >= 11 is 12.8. The normalized spacial score (nSPS) is 11.0. The topological polar surface area (TPSA) is 81.9 Å². The molecule has 0 unspecified atom stereocenters. The van der Waals surface area contributed by atoms with Crippen LogP contribution in [0.4, 0.5) is 0 Å². The summed E-state index contributed by atoms with van der Waals surface area (Å²) in [5.74, 6) is -0.649. The molecule has 0 atom stereocenters. The van der Waals surface area contributed by atoms with Crippen LogP contribution in [0.25, 0.3) is 0 Å². The Bertz CT molecular complexity index is 786. The molecule has 0 aliphatic heterocycles. The SMILES string of the molecule is O=C(NN=Cc1cc(Br)c(O)c(Br)c1)c1cc(Br)cc(Br)c1O. The summed E-state index contributed by atoms with van der Waals surface area (Å²) in [6.45, 7) is 0. The third-order valence-corrected chi connectivity index (χ3v) is 4.96. The van der Waals surface area contributed by atoms with Crippen LogP contribution >= 0.6 is 63.7 Å². The van der Waals surface area contributed by atoms with Crippen molar-refractivity contribution >= 4 is 75.8 Å². The molecule has 0 radical (unpaired) electrons. The molecule has 0 aliphatic rings. The highest BCUT2D eigenvalue weighted by Crippen LogP contribution is 2.33. The van der Waals surface area contributed by atoms with E-state index in [1.165, 1.54) is 12.3 Å². The third kappa shape index (κ3) is 4.56. The molecule has 0 saturated heterocycles. The van der Waals surface area contributed by atoms with E-state index in [2.05, 4.69) is 74.2 Å². The van der Waals surface area contributed by atoms with Crippen LogP contribution in [0, 0.1) is 0 Å². The van der Waals surface area contributed by atoms with Gasteiger partial charge in [0.2, 0.25) is 0 Å². The maximum atomic E-state index is 12.1. The molecule has 2 aromatic rings. The van der Waals surface area contributed by atoms with Gasteiger partial charge in [-0.15, -0.1) is 0 Å². The molecule has 23 heavy (non-hydrogen) atoms. The molecule has 3 N–H and O–H groups in total. The quantitative estimate of drug-likeness (QED) is 0.362. The number of halogens is 4. The Morgan fingerprint density at radius 2 is 1.52 bits per heavy atom. The fourth-order valence-corrected chi connectivity index (χ4v) is 4.07. The van der Waals surface area contributed by atoms with Crippen molar-refractivity contribution in [3.63, 3.8) is 0 Å². The zero-order valence-electron chi connectivity index (χ0n) is 11.1. The molecule has 1 amide bonds. The van der Waals surface area contributed by atoms with Gasteiger partial charge in [-0.2, -0.15) is 5.10 Å². The highest BCUT2D eigenvalue weighted by atomic mass is 79.9. The van der Waals surface area contributed by atoms with Crippen molar-refractivity contribution in [1.29, 1.82) is 0 Å². The van der Waals surface area contributed by atoms with E-state index in [0.717, 1.165) is 0 Å². The average molecular weight is 572 g/mol. The Labute approximate surface area is 165 Å². The van der Waals surface area contributed by atoms with Gasteiger partial charge >= 0.3 is 0 Å². The fraction of sp³-hybridized carbons (Fsp3) is 0. The first-order chi connectivity index (χ1) is 10.8. The van der Waals surface area contributed by atoms with Gasteiger partial charge in [0, 0.05) is 4.47 Å². The van der Waals surface area contributed by atoms with Gasteiger partial charge in [-0.05, 0) is 77.6 Å². The number of nitrogens with zero attached hydrogens (tertiary/aromatic N) is 1. The standard InChI is InChI=1S/C14H8Br4N2O3/c15-7-3-8(12(21)11(18)4-7)14(23)20-19-5-6-1-9(16)13(22)10(17)2-6/h1-5,21-22H,(H,20,23). The highest BCUT2D eigenvalue weighted by Gasteiger charge is 2.14.